The summed E-state index contributed by atoms with van der Waals surface area (Å²) in [5.41, 5.74) is 4.42. The number of carbonyl (C=O) groups is 1. The van der Waals surface area contributed by atoms with Crippen molar-refractivity contribution in [2.75, 3.05) is 10.6 Å². The highest BCUT2D eigenvalue weighted by atomic mass is 16.5. The molecule has 0 aliphatic carbocycles. The van der Waals surface area contributed by atoms with E-state index < -0.39 is 6.10 Å². The number of nitrogens with zero attached hydrogens (tertiary/aromatic N) is 2. The van der Waals surface area contributed by atoms with E-state index in [2.05, 4.69) is 34.4 Å². The molecule has 0 aliphatic heterocycles. The second-order valence-corrected chi connectivity index (χ2v) is 8.70. The van der Waals surface area contributed by atoms with Gasteiger partial charge in [0.05, 0.1) is 5.69 Å². The summed E-state index contributed by atoms with van der Waals surface area (Å²) >= 11 is 0. The van der Waals surface area contributed by atoms with Gasteiger partial charge < -0.3 is 15.4 Å². The van der Waals surface area contributed by atoms with Gasteiger partial charge in [-0.3, -0.25) is 4.79 Å². The average molecular weight is 467 g/mol. The zero-order valence-electron chi connectivity index (χ0n) is 20.4. The van der Waals surface area contributed by atoms with Crippen LogP contribution in [0.2, 0.25) is 0 Å². The maximum Gasteiger partial charge on any atom is 0.265 e. The lowest BCUT2D eigenvalue weighted by Crippen LogP contribution is -2.30. The monoisotopic (exact) mass is 466 g/mol. The first kappa shape index (κ1) is 24.0. The van der Waals surface area contributed by atoms with E-state index >= 15 is 0 Å². The van der Waals surface area contributed by atoms with Crippen molar-refractivity contribution in [3.8, 4) is 17.0 Å². The Morgan fingerprint density at radius 3 is 2.31 bits per heavy atom. The van der Waals surface area contributed by atoms with Gasteiger partial charge in [-0.05, 0) is 49.6 Å². The van der Waals surface area contributed by atoms with Crippen LogP contribution in [0.4, 0.5) is 17.2 Å². The molecule has 1 unspecified atom stereocenters. The summed E-state index contributed by atoms with van der Waals surface area (Å²) in [5, 5.41) is 6.27. The van der Waals surface area contributed by atoms with Crippen LogP contribution in [0.15, 0.2) is 84.9 Å². The summed E-state index contributed by atoms with van der Waals surface area (Å²) in [4.78, 5) is 21.9. The predicted octanol–water partition coefficient (Wildman–Crippen LogP) is 6.73. The van der Waals surface area contributed by atoms with Gasteiger partial charge >= 0.3 is 0 Å². The van der Waals surface area contributed by atoms with Gasteiger partial charge in [0.1, 0.15) is 17.4 Å². The normalized spacial score (nSPS) is 11.7. The summed E-state index contributed by atoms with van der Waals surface area (Å²) < 4.78 is 5.99. The average Bonchev–Trinajstić information content (AvgIpc) is 2.84. The molecule has 6 nitrogen and oxygen atoms in total. The molecule has 1 amide bonds. The molecular formula is C29H30N4O2. The fraction of sp³-hybridized carbons (Fsp3) is 0.207. The van der Waals surface area contributed by atoms with Crippen LogP contribution in [0.25, 0.3) is 11.3 Å². The molecular weight excluding hydrogens is 436 g/mol. The van der Waals surface area contributed by atoms with E-state index in [1.165, 1.54) is 0 Å². The van der Waals surface area contributed by atoms with Crippen LogP contribution in [0.1, 0.15) is 38.1 Å². The van der Waals surface area contributed by atoms with E-state index in [4.69, 9.17) is 4.74 Å². The summed E-state index contributed by atoms with van der Waals surface area (Å²) in [6, 6.07) is 27.2. The second kappa shape index (κ2) is 10.8. The predicted molar refractivity (Wildman–Crippen MR) is 141 cm³/mol. The maximum atomic E-state index is 12.8. The highest BCUT2D eigenvalue weighted by Crippen LogP contribution is 2.27. The minimum atomic E-state index is -0.649. The van der Waals surface area contributed by atoms with Crippen molar-refractivity contribution in [3.63, 3.8) is 0 Å². The lowest BCUT2D eigenvalue weighted by Gasteiger charge is -2.19. The SMILES string of the molecule is Cc1nc(Nc2cccc(NC(=O)C(C)Oc3ccccc3C(C)C)c2)cc(-c2ccccc2)n1. The van der Waals surface area contributed by atoms with E-state index in [-0.39, 0.29) is 5.91 Å². The Morgan fingerprint density at radius 1 is 0.829 bits per heavy atom. The van der Waals surface area contributed by atoms with Crippen LogP contribution in [-0.2, 0) is 4.79 Å². The Morgan fingerprint density at radius 2 is 1.54 bits per heavy atom. The number of aryl methyl sites for hydroxylation is 1. The fourth-order valence-electron chi connectivity index (χ4n) is 3.76. The van der Waals surface area contributed by atoms with E-state index in [0.29, 0.717) is 23.2 Å². The topological polar surface area (TPSA) is 76.1 Å². The third kappa shape index (κ3) is 6.23. The Labute approximate surface area is 206 Å². The summed E-state index contributed by atoms with van der Waals surface area (Å²) in [5.74, 6) is 2.17. The molecule has 0 aliphatic rings. The molecule has 4 rings (SSSR count). The van der Waals surface area contributed by atoms with Crippen LogP contribution < -0.4 is 15.4 Å². The highest BCUT2D eigenvalue weighted by Gasteiger charge is 2.17. The molecule has 1 aromatic heterocycles. The summed E-state index contributed by atoms with van der Waals surface area (Å²) in [6.45, 7) is 7.83. The van der Waals surface area contributed by atoms with Gasteiger partial charge in [-0.25, -0.2) is 9.97 Å². The molecule has 0 saturated heterocycles. The molecule has 0 bridgehead atoms. The van der Waals surface area contributed by atoms with Crippen molar-refractivity contribution in [1.29, 1.82) is 0 Å². The lowest BCUT2D eigenvalue weighted by atomic mass is 10.0. The van der Waals surface area contributed by atoms with E-state index in [1.54, 1.807) is 6.92 Å². The quantitative estimate of drug-likeness (QED) is 0.301. The largest absolute Gasteiger partial charge is 0.481 e. The third-order valence-corrected chi connectivity index (χ3v) is 5.52. The van der Waals surface area contributed by atoms with Crippen LogP contribution in [-0.4, -0.2) is 22.0 Å². The van der Waals surface area contributed by atoms with E-state index in [1.807, 2.05) is 91.9 Å². The molecule has 3 aromatic carbocycles. The standard InChI is InChI=1S/C29H30N4O2/c1-19(2)25-15-8-9-16-27(25)35-20(3)29(34)33-24-14-10-13-23(17-24)32-28-18-26(30-21(4)31-28)22-11-6-5-7-12-22/h5-20H,1-4H3,(H,33,34)(H,30,31,32). The van der Waals surface area contributed by atoms with Crippen LogP contribution in [0, 0.1) is 6.92 Å². The second-order valence-electron chi connectivity index (χ2n) is 8.70. The van der Waals surface area contributed by atoms with Gasteiger partial charge in [-0.1, -0.05) is 68.4 Å². The number of nitrogens with one attached hydrogen (secondary N) is 2. The number of amides is 1. The summed E-state index contributed by atoms with van der Waals surface area (Å²) in [7, 11) is 0. The molecule has 2 N–H and O–H groups in total. The first-order valence-corrected chi connectivity index (χ1v) is 11.7. The molecule has 6 heteroatoms. The first-order chi connectivity index (χ1) is 16.9. The Balaban J connectivity index is 1.45. The molecule has 0 saturated carbocycles. The number of aromatic nitrogens is 2. The Kier molecular flexibility index (Phi) is 7.41. The van der Waals surface area contributed by atoms with Gasteiger partial charge in [0, 0.05) is 23.0 Å². The van der Waals surface area contributed by atoms with Crippen molar-refractivity contribution in [2.24, 2.45) is 0 Å². The third-order valence-electron chi connectivity index (χ3n) is 5.52. The molecule has 1 atom stereocenters. The van der Waals surface area contributed by atoms with Crippen molar-refractivity contribution in [2.45, 2.75) is 39.7 Å². The number of para-hydroxylation sites is 1. The molecule has 0 fully saturated rings. The van der Waals surface area contributed by atoms with Gasteiger partial charge in [0.25, 0.3) is 5.91 Å². The fourth-order valence-corrected chi connectivity index (χ4v) is 3.76. The van der Waals surface area contributed by atoms with Gasteiger partial charge in [0.2, 0.25) is 0 Å². The number of hydrogen-bond acceptors (Lipinski definition) is 5. The zero-order chi connectivity index (χ0) is 24.8. The van der Waals surface area contributed by atoms with Gasteiger partial charge in [-0.15, -0.1) is 0 Å². The van der Waals surface area contributed by atoms with Crippen LogP contribution in [0.3, 0.4) is 0 Å². The Bertz CT molecular complexity index is 1310. The number of anilines is 3. The number of carbonyl (C=O) groups excluding carboxylic acids is 1. The molecule has 35 heavy (non-hydrogen) atoms. The minimum absolute atomic E-state index is 0.218. The van der Waals surface area contributed by atoms with Crippen LogP contribution >= 0.6 is 0 Å². The molecule has 1 heterocycles. The number of hydrogen-bond donors (Lipinski definition) is 2. The molecule has 4 aromatic rings. The van der Waals surface area contributed by atoms with Crippen LogP contribution in [0.5, 0.6) is 5.75 Å². The van der Waals surface area contributed by atoms with E-state index in [9.17, 15) is 4.79 Å². The zero-order valence-corrected chi connectivity index (χ0v) is 20.4. The van der Waals surface area contributed by atoms with E-state index in [0.717, 1.165) is 28.3 Å². The number of ether oxygens (including phenoxy) is 1. The summed E-state index contributed by atoms with van der Waals surface area (Å²) in [6.07, 6.45) is -0.649. The smallest absolute Gasteiger partial charge is 0.265 e. The first-order valence-electron chi connectivity index (χ1n) is 11.7. The van der Waals surface area contributed by atoms with Crippen molar-refractivity contribution < 1.29 is 9.53 Å². The van der Waals surface area contributed by atoms with Crippen molar-refractivity contribution >= 4 is 23.1 Å². The molecule has 0 spiro atoms. The number of benzene rings is 3. The maximum absolute atomic E-state index is 12.8. The van der Waals surface area contributed by atoms with Crippen molar-refractivity contribution in [1.82, 2.24) is 9.97 Å². The van der Waals surface area contributed by atoms with Gasteiger partial charge in [0.15, 0.2) is 6.10 Å². The lowest BCUT2D eigenvalue weighted by molar-refractivity contribution is -0.122. The highest BCUT2D eigenvalue weighted by molar-refractivity contribution is 5.94. The number of rotatable bonds is 8. The molecule has 178 valence electrons. The minimum Gasteiger partial charge on any atom is -0.481 e. The Hall–Kier alpha value is -4.19. The molecule has 0 radical (unpaired) electrons. The van der Waals surface area contributed by atoms with Crippen molar-refractivity contribution in [3.05, 3.63) is 96.3 Å². The van der Waals surface area contributed by atoms with Gasteiger partial charge in [-0.2, -0.15) is 0 Å².